The average molecular weight is 346 g/mol. The fourth-order valence-corrected chi connectivity index (χ4v) is 2.99. The second-order valence-corrected chi connectivity index (χ2v) is 6.89. The van der Waals surface area contributed by atoms with Crippen LogP contribution in [0, 0.1) is 6.92 Å². The summed E-state index contributed by atoms with van der Waals surface area (Å²) in [6, 6.07) is 10.8. The minimum Gasteiger partial charge on any atom is -0.306 e. The first kappa shape index (κ1) is 16.0. The summed E-state index contributed by atoms with van der Waals surface area (Å²) in [5.74, 6) is -0.574. The Morgan fingerprint density at radius 2 is 1.67 bits per heavy atom. The van der Waals surface area contributed by atoms with E-state index in [1.54, 1.807) is 24.3 Å². The van der Waals surface area contributed by atoms with Crippen LogP contribution in [0.3, 0.4) is 0 Å². The highest BCUT2D eigenvalue weighted by Gasteiger charge is 2.16. The molecule has 0 saturated heterocycles. The summed E-state index contributed by atoms with van der Waals surface area (Å²) in [6.45, 7) is 1.88. The number of hydrazine groups is 1. The summed E-state index contributed by atoms with van der Waals surface area (Å²) in [4.78, 5) is 30.1. The first-order valence-corrected chi connectivity index (χ1v) is 8.44. The molecule has 3 aromatic rings. The number of carbonyl (C=O) groups is 1. The van der Waals surface area contributed by atoms with Gasteiger partial charge < -0.3 is 9.97 Å². The molecule has 0 spiro atoms. The highest BCUT2D eigenvalue weighted by molar-refractivity contribution is 7.89. The molecule has 4 N–H and O–H groups in total. The van der Waals surface area contributed by atoms with E-state index in [2.05, 4.69) is 15.4 Å². The monoisotopic (exact) mass is 346 g/mol. The van der Waals surface area contributed by atoms with Crippen LogP contribution in [0.25, 0.3) is 11.0 Å². The smallest absolute Gasteiger partial charge is 0.306 e. The van der Waals surface area contributed by atoms with Gasteiger partial charge in [0.15, 0.2) is 0 Å². The quantitative estimate of drug-likeness (QED) is 0.521. The Labute approximate surface area is 136 Å². The molecule has 1 aromatic heterocycles. The molecule has 124 valence electrons. The Morgan fingerprint density at radius 3 is 2.38 bits per heavy atom. The van der Waals surface area contributed by atoms with Crippen molar-refractivity contribution in [2.24, 2.45) is 0 Å². The molecule has 0 fully saturated rings. The number of hydrogen-bond donors (Lipinski definition) is 4. The number of benzene rings is 2. The lowest BCUT2D eigenvalue weighted by atomic mass is 10.1. The van der Waals surface area contributed by atoms with E-state index in [1.165, 1.54) is 18.2 Å². The number of fused-ring (bicyclic) bond motifs is 1. The third-order valence-corrected chi connectivity index (χ3v) is 4.66. The summed E-state index contributed by atoms with van der Waals surface area (Å²) in [7, 11) is -3.97. The molecule has 24 heavy (non-hydrogen) atoms. The Bertz CT molecular complexity index is 1060. The largest absolute Gasteiger partial charge is 0.323 e. The number of aromatic amines is 2. The van der Waals surface area contributed by atoms with Crippen molar-refractivity contribution in [3.8, 4) is 0 Å². The zero-order chi connectivity index (χ0) is 17.3. The lowest BCUT2D eigenvalue weighted by molar-refractivity contribution is 0.0945. The van der Waals surface area contributed by atoms with Crippen LogP contribution in [-0.2, 0) is 10.0 Å². The predicted molar refractivity (Wildman–Crippen MR) is 87.9 cm³/mol. The topological polar surface area (TPSA) is 124 Å². The summed E-state index contributed by atoms with van der Waals surface area (Å²) in [5.41, 5.74) is 3.88. The van der Waals surface area contributed by atoms with Crippen molar-refractivity contribution >= 4 is 27.0 Å². The maximum atomic E-state index is 12.2. The highest BCUT2D eigenvalue weighted by Crippen LogP contribution is 2.14. The number of aryl methyl sites for hydroxylation is 1. The van der Waals surface area contributed by atoms with Crippen LogP contribution in [0.1, 0.15) is 15.9 Å². The zero-order valence-corrected chi connectivity index (χ0v) is 13.4. The van der Waals surface area contributed by atoms with Crippen molar-refractivity contribution in [2.75, 3.05) is 0 Å². The summed E-state index contributed by atoms with van der Waals surface area (Å²) in [5, 5.41) is 0. The van der Waals surface area contributed by atoms with E-state index >= 15 is 0 Å². The zero-order valence-electron chi connectivity index (χ0n) is 12.6. The number of nitrogens with one attached hydrogen (secondary N) is 4. The van der Waals surface area contributed by atoms with E-state index in [-0.39, 0.29) is 4.90 Å². The maximum Gasteiger partial charge on any atom is 0.323 e. The molecular formula is C15H14N4O4S. The molecule has 0 saturated carbocycles. The van der Waals surface area contributed by atoms with Gasteiger partial charge in [-0.1, -0.05) is 17.7 Å². The van der Waals surface area contributed by atoms with Gasteiger partial charge in [0.05, 0.1) is 15.9 Å². The number of imidazole rings is 1. The van der Waals surface area contributed by atoms with Crippen LogP contribution < -0.4 is 15.9 Å². The van der Waals surface area contributed by atoms with Gasteiger partial charge in [-0.2, -0.15) is 0 Å². The fraction of sp³-hybridized carbons (Fsp3) is 0.0667. The predicted octanol–water partition coefficient (Wildman–Crippen LogP) is 0.788. The number of rotatable bonds is 4. The fourth-order valence-electron chi connectivity index (χ4n) is 2.13. The molecule has 0 aliphatic carbocycles. The van der Waals surface area contributed by atoms with Gasteiger partial charge in [-0.25, -0.2) is 13.2 Å². The average Bonchev–Trinajstić information content (AvgIpc) is 2.92. The SMILES string of the molecule is Cc1ccc(C(=O)NNS(=O)(=O)c2ccc3[nH]c(=O)[nH]c3c2)cc1. The summed E-state index contributed by atoms with van der Waals surface area (Å²) < 4.78 is 24.5. The molecule has 8 nitrogen and oxygen atoms in total. The number of aromatic nitrogens is 2. The lowest BCUT2D eigenvalue weighted by Gasteiger charge is -2.08. The van der Waals surface area contributed by atoms with Gasteiger partial charge in [0, 0.05) is 5.56 Å². The van der Waals surface area contributed by atoms with Crippen molar-refractivity contribution in [3.05, 3.63) is 64.1 Å². The van der Waals surface area contributed by atoms with Crippen molar-refractivity contribution in [1.29, 1.82) is 0 Å². The van der Waals surface area contributed by atoms with Gasteiger partial charge in [-0.3, -0.25) is 10.2 Å². The van der Waals surface area contributed by atoms with Crippen molar-refractivity contribution in [1.82, 2.24) is 20.2 Å². The van der Waals surface area contributed by atoms with Crippen LogP contribution in [0.4, 0.5) is 0 Å². The van der Waals surface area contributed by atoms with Crippen LogP contribution in [0.15, 0.2) is 52.2 Å². The number of sulfonamides is 1. The molecule has 0 aliphatic heterocycles. The van der Waals surface area contributed by atoms with Crippen LogP contribution in [0.5, 0.6) is 0 Å². The molecule has 0 bridgehead atoms. The maximum absolute atomic E-state index is 12.2. The van der Waals surface area contributed by atoms with E-state index < -0.39 is 21.6 Å². The first-order chi connectivity index (χ1) is 11.3. The molecule has 0 atom stereocenters. The standard InChI is InChI=1S/C15H14N4O4S/c1-9-2-4-10(5-3-9)14(20)18-19-24(22,23)11-6-7-12-13(8-11)17-15(21)16-12/h2-8,19H,1H3,(H,18,20)(H2,16,17,21). The number of carbonyl (C=O) groups excluding carboxylic acids is 1. The highest BCUT2D eigenvalue weighted by atomic mass is 32.2. The van der Waals surface area contributed by atoms with Crippen LogP contribution in [-0.4, -0.2) is 24.3 Å². The van der Waals surface area contributed by atoms with Crippen molar-refractivity contribution in [2.45, 2.75) is 11.8 Å². The molecule has 2 aromatic carbocycles. The third kappa shape index (κ3) is 3.21. The normalized spacial score (nSPS) is 11.5. The molecule has 0 unspecified atom stereocenters. The van der Waals surface area contributed by atoms with Gasteiger partial charge >= 0.3 is 5.69 Å². The minimum atomic E-state index is -3.97. The van der Waals surface area contributed by atoms with Gasteiger partial charge in [-0.15, -0.1) is 4.83 Å². The molecule has 0 radical (unpaired) electrons. The second-order valence-electron chi connectivity index (χ2n) is 5.21. The van der Waals surface area contributed by atoms with E-state index in [1.807, 2.05) is 11.8 Å². The number of hydrogen-bond acceptors (Lipinski definition) is 4. The van der Waals surface area contributed by atoms with Crippen molar-refractivity contribution < 1.29 is 13.2 Å². The summed E-state index contributed by atoms with van der Waals surface area (Å²) in [6.07, 6.45) is 0. The van der Waals surface area contributed by atoms with E-state index in [0.29, 0.717) is 16.6 Å². The van der Waals surface area contributed by atoms with Crippen LogP contribution >= 0.6 is 0 Å². The second kappa shape index (κ2) is 5.95. The van der Waals surface area contributed by atoms with Crippen molar-refractivity contribution in [3.63, 3.8) is 0 Å². The van der Waals surface area contributed by atoms with Gasteiger partial charge in [-0.05, 0) is 37.3 Å². The summed E-state index contributed by atoms with van der Waals surface area (Å²) >= 11 is 0. The Hall–Kier alpha value is -2.91. The van der Waals surface area contributed by atoms with Gasteiger partial charge in [0.25, 0.3) is 15.9 Å². The minimum absolute atomic E-state index is 0.0885. The lowest BCUT2D eigenvalue weighted by Crippen LogP contribution is -2.41. The molecule has 3 rings (SSSR count). The van der Waals surface area contributed by atoms with Gasteiger partial charge in [0.1, 0.15) is 0 Å². The Balaban J connectivity index is 1.78. The van der Waals surface area contributed by atoms with E-state index in [4.69, 9.17) is 0 Å². The van der Waals surface area contributed by atoms with Gasteiger partial charge in [0.2, 0.25) is 0 Å². The van der Waals surface area contributed by atoms with E-state index in [0.717, 1.165) is 5.56 Å². The Morgan fingerprint density at radius 1 is 1.00 bits per heavy atom. The van der Waals surface area contributed by atoms with E-state index in [9.17, 15) is 18.0 Å². The molecule has 9 heteroatoms. The molecule has 1 heterocycles. The molecular weight excluding hydrogens is 332 g/mol. The third-order valence-electron chi connectivity index (χ3n) is 3.41. The molecule has 1 amide bonds. The Kier molecular flexibility index (Phi) is 3.96. The first-order valence-electron chi connectivity index (χ1n) is 6.96. The number of amides is 1. The van der Waals surface area contributed by atoms with Crippen LogP contribution in [0.2, 0.25) is 0 Å². The number of H-pyrrole nitrogens is 2. The molecule has 0 aliphatic rings.